The van der Waals surface area contributed by atoms with E-state index >= 15 is 0 Å². The summed E-state index contributed by atoms with van der Waals surface area (Å²) in [5.74, 6) is -0.110. The Morgan fingerprint density at radius 3 is 2.81 bits per heavy atom. The Morgan fingerprint density at radius 1 is 1.56 bits per heavy atom. The predicted octanol–water partition coefficient (Wildman–Crippen LogP) is 2.49. The van der Waals surface area contributed by atoms with Gasteiger partial charge in [0.15, 0.2) is 6.61 Å². The van der Waals surface area contributed by atoms with Crippen LogP contribution in [0.4, 0.5) is 4.39 Å². The minimum atomic E-state index is -0.362. The van der Waals surface area contributed by atoms with Gasteiger partial charge in [0.25, 0.3) is 5.91 Å². The van der Waals surface area contributed by atoms with Gasteiger partial charge in [-0.2, -0.15) is 0 Å². The lowest BCUT2D eigenvalue weighted by Crippen LogP contribution is -2.34. The van der Waals surface area contributed by atoms with Gasteiger partial charge >= 0.3 is 0 Å². The number of amides is 1. The Kier molecular flexibility index (Phi) is 4.73. The molecular weight excluding hydrogens is 277 g/mol. The van der Waals surface area contributed by atoms with Crippen LogP contribution >= 0.6 is 15.9 Å². The van der Waals surface area contributed by atoms with E-state index in [1.54, 1.807) is 0 Å². The number of hydrogen-bond acceptors (Lipinski definition) is 2. The average Bonchev–Trinajstić information content (AvgIpc) is 2.19. The zero-order chi connectivity index (χ0) is 12.1. The molecule has 0 aliphatic rings. The Morgan fingerprint density at radius 2 is 2.25 bits per heavy atom. The molecule has 0 spiro atoms. The van der Waals surface area contributed by atoms with E-state index < -0.39 is 0 Å². The van der Waals surface area contributed by atoms with E-state index in [9.17, 15) is 9.18 Å². The monoisotopic (exact) mass is 289 g/mol. The van der Waals surface area contributed by atoms with Crippen LogP contribution in [0.1, 0.15) is 13.8 Å². The fourth-order valence-corrected chi connectivity index (χ4v) is 1.44. The molecule has 0 unspecified atom stereocenters. The molecule has 1 N–H and O–H groups in total. The van der Waals surface area contributed by atoms with Gasteiger partial charge in [-0.05, 0) is 48.0 Å². The van der Waals surface area contributed by atoms with Gasteiger partial charge in [0.1, 0.15) is 11.6 Å². The summed E-state index contributed by atoms with van der Waals surface area (Å²) in [5, 5.41) is 2.69. The summed E-state index contributed by atoms with van der Waals surface area (Å²) in [4.78, 5) is 11.3. The zero-order valence-corrected chi connectivity index (χ0v) is 10.7. The van der Waals surface area contributed by atoms with E-state index in [-0.39, 0.29) is 24.4 Å². The summed E-state index contributed by atoms with van der Waals surface area (Å²) < 4.78 is 18.4. The number of benzene rings is 1. The number of halogens is 2. The predicted molar refractivity (Wildman–Crippen MR) is 62.9 cm³/mol. The third-order valence-corrected chi connectivity index (χ3v) is 2.32. The van der Waals surface area contributed by atoms with Crippen molar-refractivity contribution in [1.82, 2.24) is 5.32 Å². The fourth-order valence-electron chi connectivity index (χ4n) is 1.08. The summed E-state index contributed by atoms with van der Waals surface area (Å²) in [6.45, 7) is 3.66. The minimum Gasteiger partial charge on any atom is -0.484 e. The lowest BCUT2D eigenvalue weighted by molar-refractivity contribution is -0.123. The van der Waals surface area contributed by atoms with Crippen molar-refractivity contribution < 1.29 is 13.9 Å². The molecule has 1 aromatic rings. The molecule has 1 rings (SSSR count). The second-order valence-corrected chi connectivity index (χ2v) is 4.44. The maximum Gasteiger partial charge on any atom is 0.258 e. The van der Waals surface area contributed by atoms with E-state index in [1.165, 1.54) is 18.2 Å². The van der Waals surface area contributed by atoms with Gasteiger partial charge in [0.05, 0.1) is 4.47 Å². The number of carbonyl (C=O) groups is 1. The van der Waals surface area contributed by atoms with Crippen molar-refractivity contribution in [2.45, 2.75) is 19.9 Å². The second kappa shape index (κ2) is 5.84. The summed E-state index contributed by atoms with van der Waals surface area (Å²) in [5.41, 5.74) is 0. The van der Waals surface area contributed by atoms with Crippen LogP contribution in [0.2, 0.25) is 0 Å². The molecule has 0 saturated heterocycles. The van der Waals surface area contributed by atoms with Crippen molar-refractivity contribution >= 4 is 21.8 Å². The Bertz CT molecular complexity index is 382. The molecule has 0 bridgehead atoms. The molecule has 0 aliphatic heterocycles. The third-order valence-electron chi connectivity index (χ3n) is 1.71. The first-order chi connectivity index (χ1) is 7.49. The highest BCUT2D eigenvalue weighted by Crippen LogP contribution is 2.21. The van der Waals surface area contributed by atoms with E-state index in [4.69, 9.17) is 4.74 Å². The van der Waals surface area contributed by atoms with Crippen LogP contribution < -0.4 is 10.1 Å². The average molecular weight is 290 g/mol. The molecule has 88 valence electrons. The van der Waals surface area contributed by atoms with Crippen LogP contribution in [0.5, 0.6) is 5.75 Å². The third kappa shape index (κ3) is 4.18. The fraction of sp³-hybridized carbons (Fsp3) is 0.364. The lowest BCUT2D eigenvalue weighted by Gasteiger charge is -2.09. The van der Waals surface area contributed by atoms with E-state index in [0.717, 1.165) is 0 Å². The van der Waals surface area contributed by atoms with Crippen LogP contribution in [0.3, 0.4) is 0 Å². The minimum absolute atomic E-state index is 0.0732. The number of nitrogens with one attached hydrogen (secondary N) is 1. The quantitative estimate of drug-likeness (QED) is 0.925. The molecule has 0 radical (unpaired) electrons. The zero-order valence-electron chi connectivity index (χ0n) is 9.09. The van der Waals surface area contributed by atoms with Crippen molar-refractivity contribution in [3.63, 3.8) is 0 Å². The Balaban J connectivity index is 2.48. The van der Waals surface area contributed by atoms with Crippen molar-refractivity contribution in [1.29, 1.82) is 0 Å². The van der Waals surface area contributed by atoms with Crippen molar-refractivity contribution in [3.05, 3.63) is 28.5 Å². The molecule has 3 nitrogen and oxygen atoms in total. The molecule has 0 aliphatic carbocycles. The first-order valence-corrected chi connectivity index (χ1v) is 5.65. The number of ether oxygens (including phenoxy) is 1. The molecule has 0 atom stereocenters. The van der Waals surface area contributed by atoms with Gasteiger partial charge in [-0.15, -0.1) is 0 Å². The van der Waals surface area contributed by atoms with E-state index in [0.29, 0.717) is 10.2 Å². The van der Waals surface area contributed by atoms with Gasteiger partial charge < -0.3 is 10.1 Å². The van der Waals surface area contributed by atoms with Crippen molar-refractivity contribution in [2.75, 3.05) is 6.61 Å². The SMILES string of the molecule is CC(C)NC(=O)COc1ccc(F)c(Br)c1. The van der Waals surface area contributed by atoms with Gasteiger partial charge in [0, 0.05) is 6.04 Å². The molecule has 0 saturated carbocycles. The number of hydrogen-bond donors (Lipinski definition) is 1. The second-order valence-electron chi connectivity index (χ2n) is 3.59. The van der Waals surface area contributed by atoms with Gasteiger partial charge in [-0.3, -0.25) is 4.79 Å². The Labute approximate surface area is 102 Å². The van der Waals surface area contributed by atoms with E-state index in [2.05, 4.69) is 21.2 Å². The number of carbonyl (C=O) groups excluding carboxylic acids is 1. The van der Waals surface area contributed by atoms with E-state index in [1.807, 2.05) is 13.8 Å². The van der Waals surface area contributed by atoms with Gasteiger partial charge in [0.2, 0.25) is 0 Å². The normalized spacial score (nSPS) is 10.3. The van der Waals surface area contributed by atoms with Crippen LogP contribution in [0.25, 0.3) is 0 Å². The van der Waals surface area contributed by atoms with Crippen LogP contribution in [-0.2, 0) is 4.79 Å². The van der Waals surface area contributed by atoms with Crippen LogP contribution in [0, 0.1) is 5.82 Å². The molecule has 0 aromatic heterocycles. The standard InChI is InChI=1S/C11H13BrFNO2/c1-7(2)14-11(15)6-16-8-3-4-10(13)9(12)5-8/h3-5,7H,6H2,1-2H3,(H,14,15). The lowest BCUT2D eigenvalue weighted by atomic mass is 10.3. The smallest absolute Gasteiger partial charge is 0.258 e. The van der Waals surface area contributed by atoms with Crippen molar-refractivity contribution in [2.24, 2.45) is 0 Å². The first kappa shape index (κ1) is 13.0. The highest BCUT2D eigenvalue weighted by Gasteiger charge is 2.05. The van der Waals surface area contributed by atoms with Crippen molar-refractivity contribution in [3.8, 4) is 5.75 Å². The first-order valence-electron chi connectivity index (χ1n) is 4.86. The van der Waals surface area contributed by atoms with Crippen LogP contribution in [-0.4, -0.2) is 18.6 Å². The summed E-state index contributed by atoms with van der Waals surface area (Å²) >= 11 is 3.04. The maximum atomic E-state index is 12.9. The molecule has 0 fully saturated rings. The van der Waals surface area contributed by atoms with Gasteiger partial charge in [-0.1, -0.05) is 0 Å². The molecule has 16 heavy (non-hydrogen) atoms. The topological polar surface area (TPSA) is 38.3 Å². The largest absolute Gasteiger partial charge is 0.484 e. The maximum absolute atomic E-state index is 12.9. The number of rotatable bonds is 4. The molecular formula is C11H13BrFNO2. The van der Waals surface area contributed by atoms with Crippen LogP contribution in [0.15, 0.2) is 22.7 Å². The molecule has 1 aromatic carbocycles. The van der Waals surface area contributed by atoms with Gasteiger partial charge in [-0.25, -0.2) is 4.39 Å². The molecule has 1 amide bonds. The highest BCUT2D eigenvalue weighted by atomic mass is 79.9. The Hall–Kier alpha value is -1.10. The molecule has 0 heterocycles. The summed E-state index contributed by atoms with van der Waals surface area (Å²) in [7, 11) is 0. The summed E-state index contributed by atoms with van der Waals surface area (Å²) in [6, 6.07) is 4.32. The molecule has 5 heteroatoms. The summed E-state index contributed by atoms with van der Waals surface area (Å²) in [6.07, 6.45) is 0. The highest BCUT2D eigenvalue weighted by molar-refractivity contribution is 9.10.